The molecule has 5 nitrogen and oxygen atoms in total. The van der Waals surface area contributed by atoms with Crippen molar-refractivity contribution in [2.75, 3.05) is 20.3 Å². The Morgan fingerprint density at radius 1 is 1.20 bits per heavy atom. The number of Topliss-reactive ketones (excluding diaryl/α,β-unsaturated/α-hetero) is 1. The highest BCUT2D eigenvalue weighted by atomic mass is 127. The van der Waals surface area contributed by atoms with Crippen LogP contribution in [0.3, 0.4) is 0 Å². The van der Waals surface area contributed by atoms with E-state index in [1.165, 1.54) is 0 Å². The van der Waals surface area contributed by atoms with Crippen molar-refractivity contribution in [1.29, 1.82) is 0 Å². The van der Waals surface area contributed by atoms with Crippen LogP contribution < -0.4 is 0 Å². The standard InChI is InChI=1S/C19H22INO4/c1-12-9-17(14(3)21(12)13(2)10-24-4)18(22)11-25-19(23)15-5-7-16(20)8-6-15/h5-9,13H,10-11H2,1-4H3/t13-/m0/s1. The molecule has 0 aliphatic heterocycles. The number of methoxy groups -OCH3 is 1. The number of halogens is 1. The summed E-state index contributed by atoms with van der Waals surface area (Å²) >= 11 is 2.16. The highest BCUT2D eigenvalue weighted by molar-refractivity contribution is 14.1. The molecule has 1 aromatic heterocycles. The van der Waals surface area contributed by atoms with Gasteiger partial charge in [-0.15, -0.1) is 0 Å². The lowest BCUT2D eigenvalue weighted by molar-refractivity contribution is 0.0474. The summed E-state index contributed by atoms with van der Waals surface area (Å²) in [5.74, 6) is -0.700. The summed E-state index contributed by atoms with van der Waals surface area (Å²) < 4.78 is 13.5. The number of ether oxygens (including phenoxy) is 2. The molecule has 6 heteroatoms. The van der Waals surface area contributed by atoms with Crippen molar-refractivity contribution in [2.45, 2.75) is 26.8 Å². The molecule has 2 aromatic rings. The SMILES string of the molecule is COC[C@H](C)n1c(C)cc(C(=O)COC(=O)c2ccc(I)cc2)c1C. The van der Waals surface area contributed by atoms with Crippen molar-refractivity contribution in [3.05, 3.63) is 56.4 Å². The lowest BCUT2D eigenvalue weighted by Crippen LogP contribution is -2.17. The normalized spacial score (nSPS) is 12.0. The molecule has 0 aliphatic carbocycles. The molecule has 0 radical (unpaired) electrons. The predicted octanol–water partition coefficient (Wildman–Crippen LogP) is 3.96. The van der Waals surface area contributed by atoms with Gasteiger partial charge in [-0.3, -0.25) is 4.79 Å². The minimum absolute atomic E-state index is 0.126. The first-order valence-corrected chi connectivity index (χ1v) is 9.06. The lowest BCUT2D eigenvalue weighted by atomic mass is 10.1. The average Bonchev–Trinajstić information content (AvgIpc) is 2.88. The number of hydrogen-bond donors (Lipinski definition) is 0. The van der Waals surface area contributed by atoms with Crippen LogP contribution in [-0.4, -0.2) is 36.6 Å². The van der Waals surface area contributed by atoms with E-state index < -0.39 is 5.97 Å². The number of ketones is 1. The fourth-order valence-corrected chi connectivity index (χ4v) is 3.29. The molecule has 1 aromatic carbocycles. The van der Waals surface area contributed by atoms with E-state index in [-0.39, 0.29) is 18.4 Å². The van der Waals surface area contributed by atoms with Crippen molar-refractivity contribution < 1.29 is 19.1 Å². The second kappa shape index (κ2) is 8.62. The Balaban J connectivity index is 2.07. The number of rotatable bonds is 7. The van der Waals surface area contributed by atoms with Gasteiger partial charge in [0, 0.05) is 27.6 Å². The van der Waals surface area contributed by atoms with E-state index in [2.05, 4.69) is 27.2 Å². The van der Waals surface area contributed by atoms with Gasteiger partial charge >= 0.3 is 5.97 Å². The van der Waals surface area contributed by atoms with Crippen LogP contribution in [-0.2, 0) is 9.47 Å². The van der Waals surface area contributed by atoms with E-state index in [9.17, 15) is 9.59 Å². The number of aromatic nitrogens is 1. The quantitative estimate of drug-likeness (QED) is 0.361. The van der Waals surface area contributed by atoms with Crippen molar-refractivity contribution in [3.63, 3.8) is 0 Å². The number of nitrogens with zero attached hydrogens (tertiary/aromatic N) is 1. The van der Waals surface area contributed by atoms with Crippen LogP contribution in [0.4, 0.5) is 0 Å². The number of carbonyl (C=O) groups excluding carboxylic acids is 2. The Hall–Kier alpha value is -1.67. The molecular formula is C19H22INO4. The topological polar surface area (TPSA) is 57.5 Å². The zero-order valence-corrected chi connectivity index (χ0v) is 17.0. The Labute approximate surface area is 161 Å². The summed E-state index contributed by atoms with van der Waals surface area (Å²) in [7, 11) is 1.65. The molecule has 0 saturated heterocycles. The molecule has 0 bridgehead atoms. The van der Waals surface area contributed by atoms with Crippen LogP contribution in [0.5, 0.6) is 0 Å². The Bertz CT molecular complexity index is 764. The van der Waals surface area contributed by atoms with Crippen LogP contribution in [0.1, 0.15) is 45.1 Å². The van der Waals surface area contributed by atoms with Gasteiger partial charge in [0.25, 0.3) is 0 Å². The number of esters is 1. The zero-order valence-electron chi connectivity index (χ0n) is 14.8. The second-order valence-electron chi connectivity index (χ2n) is 5.97. The summed E-state index contributed by atoms with van der Waals surface area (Å²) in [5, 5.41) is 0. The van der Waals surface area contributed by atoms with Crippen LogP contribution in [0.25, 0.3) is 0 Å². The maximum absolute atomic E-state index is 12.5. The van der Waals surface area contributed by atoms with E-state index >= 15 is 0 Å². The van der Waals surface area contributed by atoms with Crippen molar-refractivity contribution >= 4 is 34.3 Å². The number of aryl methyl sites for hydroxylation is 1. The molecule has 25 heavy (non-hydrogen) atoms. The highest BCUT2D eigenvalue weighted by Crippen LogP contribution is 2.21. The van der Waals surface area contributed by atoms with Crippen molar-refractivity contribution in [3.8, 4) is 0 Å². The van der Waals surface area contributed by atoms with Crippen LogP contribution in [0, 0.1) is 17.4 Å². The average molecular weight is 455 g/mol. The lowest BCUT2D eigenvalue weighted by Gasteiger charge is -2.17. The zero-order chi connectivity index (χ0) is 18.6. The molecule has 134 valence electrons. The van der Waals surface area contributed by atoms with Gasteiger partial charge in [0.1, 0.15) is 0 Å². The van der Waals surface area contributed by atoms with Gasteiger partial charge in [0.05, 0.1) is 18.2 Å². The first kappa shape index (κ1) is 19.7. The second-order valence-corrected chi connectivity index (χ2v) is 7.21. The summed E-state index contributed by atoms with van der Waals surface area (Å²) in [4.78, 5) is 24.5. The van der Waals surface area contributed by atoms with E-state index in [4.69, 9.17) is 9.47 Å². The molecule has 0 saturated carbocycles. The third-order valence-electron chi connectivity index (χ3n) is 4.05. The molecule has 0 amide bonds. The maximum atomic E-state index is 12.5. The molecule has 1 atom stereocenters. The summed E-state index contributed by atoms with van der Waals surface area (Å²) in [5.41, 5.74) is 2.86. The van der Waals surface area contributed by atoms with E-state index in [1.54, 1.807) is 19.2 Å². The number of carbonyl (C=O) groups is 2. The fraction of sp³-hybridized carbons (Fsp3) is 0.368. The summed E-state index contributed by atoms with van der Waals surface area (Å²) in [6.07, 6.45) is 0. The first-order chi connectivity index (χ1) is 11.8. The van der Waals surface area contributed by atoms with Crippen molar-refractivity contribution in [1.82, 2.24) is 4.57 Å². The van der Waals surface area contributed by atoms with Crippen LogP contribution in [0.2, 0.25) is 0 Å². The van der Waals surface area contributed by atoms with E-state index in [0.29, 0.717) is 17.7 Å². The molecule has 0 spiro atoms. The summed E-state index contributed by atoms with van der Waals surface area (Å²) in [6.45, 7) is 6.18. The van der Waals surface area contributed by atoms with Crippen LogP contribution in [0.15, 0.2) is 30.3 Å². The smallest absolute Gasteiger partial charge is 0.338 e. The molecular weight excluding hydrogens is 433 g/mol. The first-order valence-electron chi connectivity index (χ1n) is 7.98. The minimum atomic E-state index is -0.494. The predicted molar refractivity (Wildman–Crippen MR) is 104 cm³/mol. The van der Waals surface area contributed by atoms with E-state index in [0.717, 1.165) is 15.0 Å². The summed E-state index contributed by atoms with van der Waals surface area (Å²) in [6, 6.07) is 8.98. The molecule has 1 heterocycles. The molecule has 0 fully saturated rings. The Morgan fingerprint density at radius 3 is 2.44 bits per heavy atom. The molecule has 2 rings (SSSR count). The van der Waals surface area contributed by atoms with Gasteiger partial charge in [0.2, 0.25) is 5.78 Å². The third-order valence-corrected chi connectivity index (χ3v) is 4.77. The van der Waals surface area contributed by atoms with Crippen LogP contribution >= 0.6 is 22.6 Å². The van der Waals surface area contributed by atoms with Gasteiger partial charge in [0.15, 0.2) is 6.61 Å². The Kier molecular flexibility index (Phi) is 6.78. The molecule has 0 unspecified atom stereocenters. The van der Waals surface area contributed by atoms with E-state index in [1.807, 2.05) is 39.0 Å². The maximum Gasteiger partial charge on any atom is 0.338 e. The highest BCUT2D eigenvalue weighted by Gasteiger charge is 2.20. The van der Waals surface area contributed by atoms with Gasteiger partial charge in [-0.05, 0) is 73.7 Å². The Morgan fingerprint density at radius 2 is 1.84 bits per heavy atom. The van der Waals surface area contributed by atoms with Gasteiger partial charge in [-0.2, -0.15) is 0 Å². The number of benzene rings is 1. The molecule has 0 aliphatic rings. The third kappa shape index (κ3) is 4.70. The largest absolute Gasteiger partial charge is 0.454 e. The minimum Gasteiger partial charge on any atom is -0.454 e. The van der Waals surface area contributed by atoms with Gasteiger partial charge < -0.3 is 14.0 Å². The van der Waals surface area contributed by atoms with Gasteiger partial charge in [-0.25, -0.2) is 4.79 Å². The number of hydrogen-bond acceptors (Lipinski definition) is 4. The van der Waals surface area contributed by atoms with Crippen molar-refractivity contribution in [2.24, 2.45) is 0 Å². The monoisotopic (exact) mass is 455 g/mol. The molecule has 0 N–H and O–H groups in total. The van der Waals surface area contributed by atoms with Gasteiger partial charge in [-0.1, -0.05) is 0 Å². The fourth-order valence-electron chi connectivity index (χ4n) is 2.93.